The molecule has 1 heterocycles. The fourth-order valence-corrected chi connectivity index (χ4v) is 11.3. The lowest BCUT2D eigenvalue weighted by Crippen LogP contribution is -2.47. The maximum atomic E-state index is 12.7. The molecule has 71 heavy (non-hydrogen) atoms. The molecular formula is C49H74N4O18. The number of rotatable bonds is 23. The monoisotopic (exact) mass is 1010 g/mol. The number of benzene rings is 1. The van der Waals surface area contributed by atoms with Crippen molar-refractivity contribution < 1.29 is 72.6 Å². The molecule has 0 radical (unpaired) electrons. The van der Waals surface area contributed by atoms with Gasteiger partial charge in [-0.25, -0.2) is 9.59 Å². The van der Waals surface area contributed by atoms with E-state index in [1.165, 1.54) is 38.5 Å². The Hall–Kier alpha value is -5.54. The van der Waals surface area contributed by atoms with Crippen LogP contribution < -0.4 is 0 Å². The van der Waals surface area contributed by atoms with Gasteiger partial charge in [0.2, 0.25) is 0 Å². The van der Waals surface area contributed by atoms with Crippen molar-refractivity contribution in [2.75, 3.05) is 39.6 Å². The molecule has 0 aromatic heterocycles. The van der Waals surface area contributed by atoms with Crippen LogP contribution in [0.15, 0.2) is 24.3 Å². The Labute approximate surface area is 414 Å². The molecular weight excluding hydrogens is 933 g/mol. The van der Waals surface area contributed by atoms with E-state index in [4.69, 9.17) is 23.7 Å². The van der Waals surface area contributed by atoms with Gasteiger partial charge in [-0.3, -0.25) is 14.5 Å². The van der Waals surface area contributed by atoms with E-state index in [2.05, 4.69) is 14.5 Å². The molecule has 0 spiro atoms. The van der Waals surface area contributed by atoms with Gasteiger partial charge in [-0.15, -0.1) is 30.3 Å². The minimum atomic E-state index is -0.861. The molecule has 1 amide bonds. The van der Waals surface area contributed by atoms with Crippen molar-refractivity contribution in [2.45, 2.75) is 167 Å². The van der Waals surface area contributed by atoms with Crippen molar-refractivity contribution in [1.29, 1.82) is 0 Å². The summed E-state index contributed by atoms with van der Waals surface area (Å²) in [6, 6.07) is 6.58. The molecule has 0 N–H and O–H groups in total. The second kappa shape index (κ2) is 28.5. The van der Waals surface area contributed by atoms with E-state index in [1.807, 2.05) is 20.8 Å². The van der Waals surface area contributed by atoms with Crippen LogP contribution in [0.25, 0.3) is 0 Å². The van der Waals surface area contributed by atoms with E-state index in [9.17, 15) is 49.5 Å². The number of hydrogen-bond donors (Lipinski definition) is 0. The fourth-order valence-electron chi connectivity index (χ4n) is 11.3. The van der Waals surface area contributed by atoms with E-state index in [0.29, 0.717) is 30.7 Å². The highest BCUT2D eigenvalue weighted by molar-refractivity contribution is 5.82. The molecule has 5 saturated carbocycles. The quantitative estimate of drug-likeness (QED) is 0.0327. The lowest BCUT2D eigenvalue weighted by Gasteiger charge is -2.31. The summed E-state index contributed by atoms with van der Waals surface area (Å²) in [6.45, 7) is 6.45. The third kappa shape index (κ3) is 19.2. The number of likely N-dealkylation sites (tertiary alicyclic amines) is 1. The van der Waals surface area contributed by atoms with Gasteiger partial charge in [0.05, 0.1) is 38.3 Å². The fraction of sp³-hybridized carbons (Fsp3) is 0.796. The highest BCUT2D eigenvalue weighted by atomic mass is 17.0. The molecule has 1 aromatic rings. The predicted molar refractivity (Wildman–Crippen MR) is 250 cm³/mol. The number of carbonyl (C=O) groups excluding carboxylic acids is 4. The Kier molecular flexibility index (Phi) is 22.6. The molecule has 6 fully saturated rings. The smallest absolute Gasteiger partial charge is 0.411 e. The summed E-state index contributed by atoms with van der Waals surface area (Å²) in [6.07, 6.45) is 17.6. The van der Waals surface area contributed by atoms with Crippen LogP contribution in [0.2, 0.25) is 0 Å². The molecule has 1 aliphatic heterocycles. The standard InChI is InChI=1S/C19H32N2O7.C17H21NO5.C13H21NO6/c1-19(2,3)28-18(23)20-15-10-8-9-14(15)13-16(20)17(22)26-11-6-4-5-7-12-27-21(24)25;19-17(16-8-14-2-1-3-15(14)9-16)22-10-12-4-6-13(7-5-12)11-23-18(20)21;15-13(12-8-10-2-1-3-11(10)9-12)19-6-4-18-5-7-20-14(16)17/h14-16H,4-13H2,1-3H3;4-7,14-16H,1-3,8-11H2;10-12H,1-9H2/t14-,15-,16?;14-,15+,16?;10-,11+,12?/m0../s1. The number of amides is 1. The summed E-state index contributed by atoms with van der Waals surface area (Å²) < 4.78 is 26.6. The number of nitrogens with zero attached hydrogens (tertiary/aromatic N) is 4. The molecule has 22 nitrogen and oxygen atoms in total. The van der Waals surface area contributed by atoms with E-state index in [1.54, 1.807) is 29.2 Å². The van der Waals surface area contributed by atoms with E-state index in [0.717, 1.165) is 87.0 Å². The zero-order chi connectivity index (χ0) is 51.3. The molecule has 398 valence electrons. The van der Waals surface area contributed by atoms with E-state index >= 15 is 0 Å². The van der Waals surface area contributed by atoms with Crippen LogP contribution in [0, 0.1) is 71.8 Å². The highest BCUT2D eigenvalue weighted by Crippen LogP contribution is 2.48. The van der Waals surface area contributed by atoms with Gasteiger partial charge < -0.3 is 38.2 Å². The van der Waals surface area contributed by atoms with Crippen molar-refractivity contribution in [3.05, 3.63) is 65.7 Å². The molecule has 5 aliphatic carbocycles. The van der Waals surface area contributed by atoms with E-state index < -0.39 is 33.0 Å². The SMILES string of the molecule is CC(C)(C)OC(=O)N1C(C(=O)OCCCCCCO[N+](=O)[O-])C[C@@H]2CCC[C@@H]21.O=C(OCCOCCO[N+](=O)[O-])C1C[C@H]2CCC[C@H]2C1.O=C(OCc1ccc(CO[N+](=O)[O-])cc1)C1C[C@H]2CCC[C@H]2C1. The normalized spacial score (nSPS) is 25.7. The number of unbranched alkanes of at least 4 members (excludes halogenated alkanes) is 3. The van der Waals surface area contributed by atoms with Crippen molar-refractivity contribution in [3.8, 4) is 0 Å². The van der Waals surface area contributed by atoms with Crippen LogP contribution in [-0.2, 0) is 65.8 Å². The lowest BCUT2D eigenvalue weighted by molar-refractivity contribution is -0.763. The first kappa shape index (κ1) is 56.4. The van der Waals surface area contributed by atoms with Crippen molar-refractivity contribution >= 4 is 24.0 Å². The Morgan fingerprint density at radius 2 is 1.00 bits per heavy atom. The summed E-state index contributed by atoms with van der Waals surface area (Å²) in [4.78, 5) is 93.6. The maximum absolute atomic E-state index is 12.7. The number of carbonyl (C=O) groups is 4. The maximum Gasteiger partial charge on any atom is 0.411 e. The van der Waals surface area contributed by atoms with Crippen LogP contribution >= 0.6 is 0 Å². The summed E-state index contributed by atoms with van der Waals surface area (Å²) >= 11 is 0. The topological polar surface area (TPSA) is 275 Å². The third-order valence-electron chi connectivity index (χ3n) is 14.5. The average molecular weight is 1010 g/mol. The molecule has 1 aromatic carbocycles. The van der Waals surface area contributed by atoms with Crippen LogP contribution in [-0.4, -0.2) is 101 Å². The van der Waals surface area contributed by atoms with E-state index in [-0.39, 0.29) is 88.6 Å². The van der Waals surface area contributed by atoms with Gasteiger partial charge in [0, 0.05) is 6.04 Å². The van der Waals surface area contributed by atoms with Crippen molar-refractivity contribution in [1.82, 2.24) is 4.90 Å². The minimum absolute atomic E-state index is 0.0584. The van der Waals surface area contributed by atoms with Gasteiger partial charge in [-0.2, -0.15) is 0 Å². The first-order valence-electron chi connectivity index (χ1n) is 25.5. The highest BCUT2D eigenvalue weighted by Gasteiger charge is 2.51. The molecule has 9 atom stereocenters. The Morgan fingerprint density at radius 1 is 0.535 bits per heavy atom. The molecule has 6 aliphatic rings. The molecule has 7 rings (SSSR count). The summed E-state index contributed by atoms with van der Waals surface area (Å²) in [7, 11) is 0. The molecule has 22 heteroatoms. The van der Waals surface area contributed by atoms with Gasteiger partial charge in [0.15, 0.2) is 0 Å². The van der Waals surface area contributed by atoms with Gasteiger partial charge in [0.1, 0.15) is 38.1 Å². The number of fused-ring (bicyclic) bond motifs is 3. The minimum Gasteiger partial charge on any atom is -0.464 e. The van der Waals surface area contributed by atoms with Crippen LogP contribution in [0.1, 0.15) is 147 Å². The summed E-state index contributed by atoms with van der Waals surface area (Å²) in [5.74, 6) is 2.81. The zero-order valence-corrected chi connectivity index (χ0v) is 41.5. The van der Waals surface area contributed by atoms with Crippen LogP contribution in [0.5, 0.6) is 0 Å². The van der Waals surface area contributed by atoms with Gasteiger partial charge >= 0.3 is 24.0 Å². The first-order valence-corrected chi connectivity index (χ1v) is 25.5. The largest absolute Gasteiger partial charge is 0.464 e. The Balaban J connectivity index is 0.000000201. The van der Waals surface area contributed by atoms with Gasteiger partial charge in [-0.05, 0) is 126 Å². The number of hydrogen-bond acceptors (Lipinski definition) is 18. The van der Waals surface area contributed by atoms with Crippen LogP contribution in [0.4, 0.5) is 4.79 Å². The van der Waals surface area contributed by atoms with Crippen LogP contribution in [0.3, 0.4) is 0 Å². The average Bonchev–Trinajstić information content (AvgIpc) is 4.17. The third-order valence-corrected chi connectivity index (χ3v) is 14.5. The predicted octanol–water partition coefficient (Wildman–Crippen LogP) is 8.32. The first-order chi connectivity index (χ1) is 34.0. The lowest BCUT2D eigenvalue weighted by atomic mass is 10.0. The zero-order valence-electron chi connectivity index (χ0n) is 41.5. The summed E-state index contributed by atoms with van der Waals surface area (Å²) in [5.41, 5.74) is 0.975. The number of esters is 3. The molecule has 0 bridgehead atoms. The van der Waals surface area contributed by atoms with Crippen molar-refractivity contribution in [3.63, 3.8) is 0 Å². The summed E-state index contributed by atoms with van der Waals surface area (Å²) in [5, 5.41) is 27.6. The number of ether oxygens (including phenoxy) is 5. The van der Waals surface area contributed by atoms with Gasteiger partial charge in [0.25, 0.3) is 15.3 Å². The second-order valence-corrected chi connectivity index (χ2v) is 20.5. The van der Waals surface area contributed by atoms with Gasteiger partial charge in [-0.1, -0.05) is 75.6 Å². The molecule has 3 unspecified atom stereocenters. The Morgan fingerprint density at radius 3 is 1.55 bits per heavy atom. The second-order valence-electron chi connectivity index (χ2n) is 20.5. The Bertz CT molecular complexity index is 1870. The molecule has 1 saturated heterocycles. The van der Waals surface area contributed by atoms with Crippen molar-refractivity contribution in [2.24, 2.45) is 41.4 Å².